The van der Waals surface area contributed by atoms with Gasteiger partial charge in [-0.3, -0.25) is 0 Å². The van der Waals surface area contributed by atoms with Crippen molar-refractivity contribution < 1.29 is 10.2 Å². The van der Waals surface area contributed by atoms with Gasteiger partial charge in [-0.05, 0) is 30.5 Å². The first kappa shape index (κ1) is 12.0. The summed E-state index contributed by atoms with van der Waals surface area (Å²) in [6, 6.07) is 7.53. The van der Waals surface area contributed by atoms with E-state index in [-0.39, 0.29) is 6.61 Å². The second kappa shape index (κ2) is 6.43. The molecule has 0 spiro atoms. The lowest BCUT2D eigenvalue weighted by Gasteiger charge is -2.15. The Labute approximate surface area is 90.8 Å². The van der Waals surface area contributed by atoms with Gasteiger partial charge in [-0.15, -0.1) is 0 Å². The van der Waals surface area contributed by atoms with E-state index in [0.29, 0.717) is 11.8 Å². The van der Waals surface area contributed by atoms with Crippen LogP contribution in [0.3, 0.4) is 0 Å². The summed E-state index contributed by atoms with van der Waals surface area (Å²) in [6.07, 6.45) is 1.80. The van der Waals surface area contributed by atoms with Crippen molar-refractivity contribution in [1.82, 2.24) is 5.32 Å². The third kappa shape index (κ3) is 4.32. The molecule has 3 nitrogen and oxygen atoms in total. The van der Waals surface area contributed by atoms with Gasteiger partial charge < -0.3 is 15.5 Å². The fraction of sp³-hybridized carbons (Fsp3) is 0.500. The smallest absolute Gasteiger partial charge is 0.115 e. The maximum Gasteiger partial charge on any atom is 0.115 e. The van der Waals surface area contributed by atoms with Gasteiger partial charge in [0.15, 0.2) is 0 Å². The maximum absolute atomic E-state index is 9.11. The van der Waals surface area contributed by atoms with Crippen LogP contribution in [0.5, 0.6) is 5.75 Å². The molecule has 0 amide bonds. The number of aromatic hydroxyl groups is 1. The number of benzene rings is 1. The fourth-order valence-corrected chi connectivity index (χ4v) is 1.48. The van der Waals surface area contributed by atoms with E-state index in [9.17, 15) is 0 Å². The molecule has 0 saturated carbocycles. The molecule has 15 heavy (non-hydrogen) atoms. The van der Waals surface area contributed by atoms with Crippen LogP contribution in [-0.2, 0) is 6.54 Å². The molecule has 0 fully saturated rings. The van der Waals surface area contributed by atoms with Crippen molar-refractivity contribution in [2.75, 3.05) is 6.61 Å². The summed E-state index contributed by atoms with van der Waals surface area (Å²) in [5.74, 6) is 0.293. The van der Waals surface area contributed by atoms with Crippen molar-refractivity contribution in [2.24, 2.45) is 0 Å². The van der Waals surface area contributed by atoms with Crippen molar-refractivity contribution in [3.8, 4) is 5.75 Å². The zero-order valence-electron chi connectivity index (χ0n) is 9.11. The summed E-state index contributed by atoms with van der Waals surface area (Å²) >= 11 is 0. The molecule has 0 aromatic heterocycles. The summed E-state index contributed by atoms with van der Waals surface area (Å²) in [5, 5.41) is 21.3. The van der Waals surface area contributed by atoms with Crippen LogP contribution in [0.15, 0.2) is 24.3 Å². The van der Waals surface area contributed by atoms with Crippen molar-refractivity contribution in [3.05, 3.63) is 29.8 Å². The number of aliphatic hydroxyl groups excluding tert-OH is 1. The molecule has 3 heteroatoms. The zero-order valence-corrected chi connectivity index (χ0v) is 9.11. The van der Waals surface area contributed by atoms with Crippen LogP contribution in [0, 0.1) is 0 Å². The van der Waals surface area contributed by atoms with Gasteiger partial charge in [0.1, 0.15) is 5.75 Å². The van der Waals surface area contributed by atoms with Gasteiger partial charge in [-0.25, -0.2) is 0 Å². The van der Waals surface area contributed by atoms with Crippen molar-refractivity contribution in [1.29, 1.82) is 0 Å². The minimum Gasteiger partial charge on any atom is -0.508 e. The zero-order chi connectivity index (χ0) is 11.1. The minimum absolute atomic E-state index is 0.223. The summed E-state index contributed by atoms with van der Waals surface area (Å²) in [7, 11) is 0. The first-order chi connectivity index (χ1) is 7.26. The normalized spacial score (nSPS) is 12.7. The van der Waals surface area contributed by atoms with Crippen LogP contribution >= 0.6 is 0 Å². The molecule has 1 aromatic rings. The van der Waals surface area contributed by atoms with Crippen molar-refractivity contribution in [2.45, 2.75) is 32.4 Å². The quantitative estimate of drug-likeness (QED) is 0.667. The van der Waals surface area contributed by atoms with Gasteiger partial charge in [-0.1, -0.05) is 19.1 Å². The van der Waals surface area contributed by atoms with Crippen LogP contribution in [-0.4, -0.2) is 22.9 Å². The number of aliphatic hydroxyl groups is 1. The van der Waals surface area contributed by atoms with Gasteiger partial charge in [0.05, 0.1) is 0 Å². The van der Waals surface area contributed by atoms with E-state index in [1.165, 1.54) is 0 Å². The number of hydrogen-bond donors (Lipinski definition) is 3. The average Bonchev–Trinajstić information content (AvgIpc) is 2.26. The summed E-state index contributed by atoms with van der Waals surface area (Å²) in [5.41, 5.74) is 1.14. The van der Waals surface area contributed by atoms with E-state index in [2.05, 4.69) is 12.2 Å². The Kier molecular flexibility index (Phi) is 5.15. The number of hydrogen-bond acceptors (Lipinski definition) is 3. The van der Waals surface area contributed by atoms with Crippen LogP contribution in [0.2, 0.25) is 0 Å². The monoisotopic (exact) mass is 209 g/mol. The molecule has 3 N–H and O–H groups in total. The standard InChI is InChI=1S/C12H19NO2/c1-2-11(7-8-14)13-9-10-3-5-12(15)6-4-10/h3-6,11,13-15H,2,7-9H2,1H3. The molecule has 1 aromatic carbocycles. The lowest BCUT2D eigenvalue weighted by atomic mass is 10.1. The van der Waals surface area contributed by atoms with E-state index in [0.717, 1.165) is 24.9 Å². The lowest BCUT2D eigenvalue weighted by Crippen LogP contribution is -2.28. The largest absolute Gasteiger partial charge is 0.508 e. The number of phenolic OH excluding ortho intramolecular Hbond substituents is 1. The highest BCUT2D eigenvalue weighted by atomic mass is 16.3. The molecule has 0 bridgehead atoms. The first-order valence-corrected chi connectivity index (χ1v) is 5.38. The topological polar surface area (TPSA) is 52.5 Å². The van der Waals surface area contributed by atoms with Crippen LogP contribution < -0.4 is 5.32 Å². The van der Waals surface area contributed by atoms with Crippen LogP contribution in [0.1, 0.15) is 25.3 Å². The number of nitrogens with one attached hydrogen (secondary N) is 1. The average molecular weight is 209 g/mol. The molecule has 1 atom stereocenters. The van der Waals surface area contributed by atoms with Gasteiger partial charge in [0.2, 0.25) is 0 Å². The highest BCUT2D eigenvalue weighted by Gasteiger charge is 2.04. The molecule has 0 saturated heterocycles. The maximum atomic E-state index is 9.11. The van der Waals surface area contributed by atoms with Gasteiger partial charge in [-0.2, -0.15) is 0 Å². The van der Waals surface area contributed by atoms with Crippen molar-refractivity contribution in [3.63, 3.8) is 0 Å². The van der Waals surface area contributed by atoms with E-state index in [1.807, 2.05) is 12.1 Å². The lowest BCUT2D eigenvalue weighted by molar-refractivity contribution is 0.262. The first-order valence-electron chi connectivity index (χ1n) is 5.38. The van der Waals surface area contributed by atoms with Crippen LogP contribution in [0.4, 0.5) is 0 Å². The van der Waals surface area contributed by atoms with E-state index < -0.39 is 0 Å². The Bertz CT molecular complexity index is 271. The highest BCUT2D eigenvalue weighted by molar-refractivity contribution is 5.25. The second-order valence-corrected chi connectivity index (χ2v) is 3.66. The number of rotatable bonds is 6. The molecular formula is C12H19NO2. The Hall–Kier alpha value is -1.06. The summed E-state index contributed by atoms with van der Waals surface area (Å²) in [4.78, 5) is 0. The summed E-state index contributed by atoms with van der Waals surface area (Å²) in [6.45, 7) is 3.10. The molecule has 1 unspecified atom stereocenters. The molecule has 0 aliphatic carbocycles. The summed E-state index contributed by atoms with van der Waals surface area (Å²) < 4.78 is 0. The van der Waals surface area contributed by atoms with Gasteiger partial charge >= 0.3 is 0 Å². The Balaban J connectivity index is 2.38. The minimum atomic E-state index is 0.223. The van der Waals surface area contributed by atoms with Gasteiger partial charge in [0, 0.05) is 19.2 Å². The highest BCUT2D eigenvalue weighted by Crippen LogP contribution is 2.09. The molecule has 0 aliphatic rings. The molecule has 1 rings (SSSR count). The van der Waals surface area contributed by atoms with Gasteiger partial charge in [0.25, 0.3) is 0 Å². The van der Waals surface area contributed by atoms with Crippen molar-refractivity contribution >= 4 is 0 Å². The molecule has 84 valence electrons. The Morgan fingerprint density at radius 2 is 1.93 bits per heavy atom. The Morgan fingerprint density at radius 1 is 1.27 bits per heavy atom. The third-order valence-electron chi connectivity index (χ3n) is 2.50. The molecule has 0 radical (unpaired) electrons. The fourth-order valence-electron chi connectivity index (χ4n) is 1.48. The molecular weight excluding hydrogens is 190 g/mol. The SMILES string of the molecule is CCC(CCO)NCc1ccc(O)cc1. The van der Waals surface area contributed by atoms with E-state index in [4.69, 9.17) is 10.2 Å². The molecule has 0 heterocycles. The number of phenols is 1. The van der Waals surface area contributed by atoms with Crippen LogP contribution in [0.25, 0.3) is 0 Å². The van der Waals surface area contributed by atoms with E-state index in [1.54, 1.807) is 12.1 Å². The predicted molar refractivity (Wildman–Crippen MR) is 60.7 cm³/mol. The predicted octanol–water partition coefficient (Wildman–Crippen LogP) is 1.64. The van der Waals surface area contributed by atoms with E-state index >= 15 is 0 Å². The molecule has 0 aliphatic heterocycles. The second-order valence-electron chi connectivity index (χ2n) is 3.66. The third-order valence-corrected chi connectivity index (χ3v) is 2.50. The Morgan fingerprint density at radius 3 is 2.47 bits per heavy atom.